The van der Waals surface area contributed by atoms with Crippen LogP contribution in [0.25, 0.3) is 0 Å². The van der Waals surface area contributed by atoms with E-state index >= 15 is 0 Å². The van der Waals surface area contributed by atoms with E-state index in [0.29, 0.717) is 6.42 Å². The van der Waals surface area contributed by atoms with Crippen molar-refractivity contribution in [2.24, 2.45) is 5.73 Å². The van der Waals surface area contributed by atoms with E-state index in [0.717, 1.165) is 21.5 Å². The number of ether oxygens (including phenoxy) is 2. The number of halogens is 2. The summed E-state index contributed by atoms with van der Waals surface area (Å²) in [4.78, 5) is 0. The maximum absolute atomic E-state index is 6.03. The zero-order valence-electron chi connectivity index (χ0n) is 9.90. The number of benzene rings is 1. The Morgan fingerprint density at radius 2 is 1.94 bits per heavy atom. The third kappa shape index (κ3) is 3.91. The SMILES string of the molecule is C=CC[C@H](N)c1cc(OC)c(Br)cc1OC.Cl. The zero-order valence-corrected chi connectivity index (χ0v) is 12.3. The lowest BCUT2D eigenvalue weighted by Crippen LogP contribution is -2.11. The summed E-state index contributed by atoms with van der Waals surface area (Å²) >= 11 is 3.40. The molecule has 1 aromatic carbocycles. The fraction of sp³-hybridized carbons (Fsp3) is 0.333. The number of rotatable bonds is 5. The number of methoxy groups -OCH3 is 2. The van der Waals surface area contributed by atoms with Gasteiger partial charge in [-0.3, -0.25) is 0 Å². The number of hydrogen-bond donors (Lipinski definition) is 1. The van der Waals surface area contributed by atoms with Crippen molar-refractivity contribution in [3.05, 3.63) is 34.8 Å². The highest BCUT2D eigenvalue weighted by atomic mass is 79.9. The average molecular weight is 323 g/mol. The highest BCUT2D eigenvalue weighted by Crippen LogP contribution is 2.35. The molecule has 0 spiro atoms. The normalized spacial score (nSPS) is 11.3. The minimum atomic E-state index is -0.130. The van der Waals surface area contributed by atoms with Crippen molar-refractivity contribution in [2.75, 3.05) is 14.2 Å². The topological polar surface area (TPSA) is 44.5 Å². The van der Waals surface area contributed by atoms with Gasteiger partial charge in [-0.2, -0.15) is 0 Å². The molecular weight excluding hydrogens is 305 g/mol. The highest BCUT2D eigenvalue weighted by Gasteiger charge is 2.14. The fourth-order valence-corrected chi connectivity index (χ4v) is 1.96. The van der Waals surface area contributed by atoms with Crippen molar-refractivity contribution in [2.45, 2.75) is 12.5 Å². The smallest absolute Gasteiger partial charge is 0.133 e. The van der Waals surface area contributed by atoms with Crippen molar-refractivity contribution in [1.82, 2.24) is 0 Å². The minimum absolute atomic E-state index is 0. The lowest BCUT2D eigenvalue weighted by atomic mass is 10.0. The van der Waals surface area contributed by atoms with Crippen LogP contribution >= 0.6 is 28.3 Å². The minimum Gasteiger partial charge on any atom is -0.496 e. The number of hydrogen-bond acceptors (Lipinski definition) is 3. The van der Waals surface area contributed by atoms with Crippen molar-refractivity contribution in [3.8, 4) is 11.5 Å². The van der Waals surface area contributed by atoms with E-state index in [9.17, 15) is 0 Å². The van der Waals surface area contributed by atoms with E-state index in [2.05, 4.69) is 22.5 Å². The molecule has 0 radical (unpaired) electrons. The van der Waals surface area contributed by atoms with Crippen LogP contribution in [-0.2, 0) is 0 Å². The van der Waals surface area contributed by atoms with Crippen molar-refractivity contribution < 1.29 is 9.47 Å². The Bertz CT molecular complexity index is 385. The molecule has 0 aliphatic carbocycles. The van der Waals surface area contributed by atoms with E-state index in [1.165, 1.54) is 0 Å². The van der Waals surface area contributed by atoms with Crippen LogP contribution in [0.1, 0.15) is 18.0 Å². The van der Waals surface area contributed by atoms with Crippen LogP contribution in [-0.4, -0.2) is 14.2 Å². The van der Waals surface area contributed by atoms with Crippen molar-refractivity contribution >= 4 is 28.3 Å². The Hall–Kier alpha value is -0.710. The van der Waals surface area contributed by atoms with Gasteiger partial charge in [-0.1, -0.05) is 6.08 Å². The van der Waals surface area contributed by atoms with Gasteiger partial charge in [-0.15, -0.1) is 19.0 Å². The van der Waals surface area contributed by atoms with Crippen LogP contribution in [0.5, 0.6) is 11.5 Å². The predicted molar refractivity (Wildman–Crippen MR) is 76.2 cm³/mol. The van der Waals surface area contributed by atoms with E-state index in [1.807, 2.05) is 12.1 Å². The van der Waals surface area contributed by atoms with Gasteiger partial charge in [0.15, 0.2) is 0 Å². The largest absolute Gasteiger partial charge is 0.496 e. The van der Waals surface area contributed by atoms with Crippen molar-refractivity contribution in [1.29, 1.82) is 0 Å². The van der Waals surface area contributed by atoms with Crippen LogP contribution in [0.2, 0.25) is 0 Å². The first-order chi connectivity index (χ1) is 7.63. The average Bonchev–Trinajstić information content (AvgIpc) is 2.28. The maximum Gasteiger partial charge on any atom is 0.133 e. The molecule has 1 atom stereocenters. The number of nitrogens with two attached hydrogens (primary N) is 1. The highest BCUT2D eigenvalue weighted by molar-refractivity contribution is 9.10. The molecule has 96 valence electrons. The zero-order chi connectivity index (χ0) is 12.1. The monoisotopic (exact) mass is 321 g/mol. The molecule has 0 aliphatic rings. The maximum atomic E-state index is 6.03. The second kappa shape index (κ2) is 7.58. The molecular formula is C12H17BrClNO2. The van der Waals surface area contributed by atoms with Gasteiger partial charge >= 0.3 is 0 Å². The van der Waals surface area contributed by atoms with Gasteiger partial charge in [-0.25, -0.2) is 0 Å². The van der Waals surface area contributed by atoms with Gasteiger partial charge < -0.3 is 15.2 Å². The molecule has 17 heavy (non-hydrogen) atoms. The summed E-state index contributed by atoms with van der Waals surface area (Å²) in [5, 5.41) is 0. The van der Waals surface area contributed by atoms with Gasteiger partial charge in [-0.05, 0) is 34.5 Å². The molecule has 0 saturated heterocycles. The molecule has 0 unspecified atom stereocenters. The molecule has 0 heterocycles. The molecule has 0 amide bonds. The van der Waals surface area contributed by atoms with Gasteiger partial charge in [0.05, 0.1) is 18.7 Å². The Balaban J connectivity index is 0.00000256. The summed E-state index contributed by atoms with van der Waals surface area (Å²) in [5.41, 5.74) is 6.95. The molecule has 2 N–H and O–H groups in total. The van der Waals surface area contributed by atoms with E-state index < -0.39 is 0 Å². The van der Waals surface area contributed by atoms with Crippen LogP contribution in [0, 0.1) is 0 Å². The molecule has 0 aliphatic heterocycles. The summed E-state index contributed by atoms with van der Waals surface area (Å²) in [6, 6.07) is 3.61. The third-order valence-corrected chi connectivity index (χ3v) is 2.94. The summed E-state index contributed by atoms with van der Waals surface area (Å²) in [7, 11) is 3.24. The second-order valence-corrected chi connectivity index (χ2v) is 4.21. The molecule has 0 aromatic heterocycles. The summed E-state index contributed by atoms with van der Waals surface area (Å²) in [5.74, 6) is 1.50. The molecule has 3 nitrogen and oxygen atoms in total. The molecule has 5 heteroatoms. The van der Waals surface area contributed by atoms with Gasteiger partial charge in [0.2, 0.25) is 0 Å². The Morgan fingerprint density at radius 3 is 2.41 bits per heavy atom. The molecule has 0 saturated carbocycles. The van der Waals surface area contributed by atoms with Gasteiger partial charge in [0.1, 0.15) is 11.5 Å². The second-order valence-electron chi connectivity index (χ2n) is 3.36. The third-order valence-electron chi connectivity index (χ3n) is 2.32. The van der Waals surface area contributed by atoms with Gasteiger partial charge in [0, 0.05) is 11.6 Å². The van der Waals surface area contributed by atoms with E-state index in [1.54, 1.807) is 20.3 Å². The lowest BCUT2D eigenvalue weighted by molar-refractivity contribution is 0.393. The van der Waals surface area contributed by atoms with Gasteiger partial charge in [0.25, 0.3) is 0 Å². The van der Waals surface area contributed by atoms with Crippen LogP contribution in [0.15, 0.2) is 29.3 Å². The van der Waals surface area contributed by atoms with Crippen LogP contribution in [0.4, 0.5) is 0 Å². The Morgan fingerprint density at radius 1 is 1.35 bits per heavy atom. The van der Waals surface area contributed by atoms with Crippen molar-refractivity contribution in [3.63, 3.8) is 0 Å². The standard InChI is InChI=1S/C12H16BrNO2.ClH/c1-4-5-10(14)8-6-12(16-3)9(13)7-11(8)15-2;/h4,6-7,10H,1,5,14H2,2-3H3;1H/t10-;/m0./s1. The lowest BCUT2D eigenvalue weighted by Gasteiger charge is -2.16. The van der Waals surface area contributed by atoms with Crippen LogP contribution in [0.3, 0.4) is 0 Å². The van der Waals surface area contributed by atoms with E-state index in [4.69, 9.17) is 15.2 Å². The fourth-order valence-electron chi connectivity index (χ4n) is 1.48. The summed E-state index contributed by atoms with van der Waals surface area (Å²) in [6.45, 7) is 3.68. The quantitative estimate of drug-likeness (QED) is 0.844. The summed E-state index contributed by atoms with van der Waals surface area (Å²) < 4.78 is 11.4. The van der Waals surface area contributed by atoms with E-state index in [-0.39, 0.29) is 18.4 Å². The predicted octanol–water partition coefficient (Wildman–Crippen LogP) is 3.46. The molecule has 1 aromatic rings. The Labute approximate surface area is 117 Å². The Kier molecular flexibility index (Phi) is 7.27. The first-order valence-electron chi connectivity index (χ1n) is 4.92. The first-order valence-corrected chi connectivity index (χ1v) is 5.71. The van der Waals surface area contributed by atoms with Crippen LogP contribution < -0.4 is 15.2 Å². The molecule has 1 rings (SSSR count). The summed E-state index contributed by atoms with van der Waals surface area (Å²) in [6.07, 6.45) is 2.49. The molecule has 0 fully saturated rings. The molecule has 0 bridgehead atoms. The first kappa shape index (κ1) is 16.3.